The SMILES string of the molecule is CC[C@H]1OC(=O)[C@H](C)C(=O)[C@H](C)[C@@H](O[C@@H]2O[C@H](C)C[C@H](N(C)C)[C@H]2O)[C@]2(C)CC/C(=N/OCc3ccc(-c4ccno4)cn3)CO[C@H]([C@@H](C)C(=NC(C)=O)[C@H](C)C2)[C@]1(C)O. The van der Waals surface area contributed by atoms with Crippen molar-refractivity contribution in [1.82, 2.24) is 15.0 Å². The van der Waals surface area contributed by atoms with Crippen LogP contribution in [0, 0.1) is 29.1 Å². The highest BCUT2D eigenvalue weighted by Gasteiger charge is 2.52. The molecule has 3 saturated heterocycles. The third kappa shape index (κ3) is 10.7. The molecule has 16 nitrogen and oxygen atoms in total. The molecule has 3 fully saturated rings. The van der Waals surface area contributed by atoms with Gasteiger partial charge in [0.25, 0.3) is 0 Å². The van der Waals surface area contributed by atoms with Gasteiger partial charge in [-0.05, 0) is 90.4 Å². The summed E-state index contributed by atoms with van der Waals surface area (Å²) in [5.41, 5.74) is -0.398. The minimum absolute atomic E-state index is 0.0343. The second kappa shape index (κ2) is 19.8. The van der Waals surface area contributed by atoms with Crippen LogP contribution in [0.4, 0.5) is 0 Å². The molecule has 0 unspecified atom stereocenters. The number of Topliss-reactive ketones (excluding diaryl/α,β-unsaturated/α-hetero) is 1. The summed E-state index contributed by atoms with van der Waals surface area (Å²) in [4.78, 5) is 58.2. The van der Waals surface area contributed by atoms with Gasteiger partial charge in [0.05, 0.1) is 42.5 Å². The first kappa shape index (κ1) is 47.1. The van der Waals surface area contributed by atoms with Crippen LogP contribution in [0.15, 0.2) is 45.3 Å². The molecule has 3 aliphatic heterocycles. The average Bonchev–Trinajstić information content (AvgIpc) is 3.74. The van der Waals surface area contributed by atoms with Gasteiger partial charge in [0.2, 0.25) is 5.91 Å². The number of cyclic esters (lactones) is 1. The van der Waals surface area contributed by atoms with Crippen LogP contribution in [0.25, 0.3) is 11.3 Å². The highest BCUT2D eigenvalue weighted by atomic mass is 16.7. The summed E-state index contributed by atoms with van der Waals surface area (Å²) in [7, 11) is 3.77. The number of pyridine rings is 1. The molecule has 2 N–H and O–H groups in total. The third-order valence-corrected chi connectivity index (χ3v) is 12.6. The number of ketones is 1. The van der Waals surface area contributed by atoms with Gasteiger partial charge in [0.15, 0.2) is 24.4 Å². The number of ether oxygens (including phenoxy) is 4. The van der Waals surface area contributed by atoms with E-state index in [1.54, 1.807) is 45.3 Å². The number of hydrogen-bond acceptors (Lipinski definition) is 15. The monoisotopic (exact) mass is 839 g/mol. The zero-order chi connectivity index (χ0) is 44.1. The molecule has 2 bridgehead atoms. The molecule has 0 saturated carbocycles. The van der Waals surface area contributed by atoms with Crippen molar-refractivity contribution in [2.24, 2.45) is 39.2 Å². The molecule has 16 heteroatoms. The minimum Gasteiger partial charge on any atom is -0.459 e. The summed E-state index contributed by atoms with van der Waals surface area (Å²) in [5, 5.41) is 32.5. The predicted octanol–water partition coefficient (Wildman–Crippen LogP) is 5.18. The lowest BCUT2D eigenvalue weighted by molar-refractivity contribution is -0.286. The van der Waals surface area contributed by atoms with E-state index in [1.807, 2.05) is 52.8 Å². The number of aromatic nitrogens is 2. The molecule has 1 amide bonds. The number of carbonyl (C=O) groups is 3. The Hall–Kier alpha value is -3.93. The Morgan fingerprint density at radius 3 is 2.43 bits per heavy atom. The standard InChI is InChI=1S/C44H65N5O11/c1-12-35-44(9,54)40-26(4)36(47-29(7)50)24(2)20-43(8,17-15-32(22-55-40)48-56-23-31-14-13-30(21-45-31)34-16-18-46-60-34)39(27(5)37(51)28(6)41(53)58-35)59-42-38(52)33(49(10)11)19-25(3)57-42/h13-14,16,18,21,24-28,33,35,38-40,42,52,54H,12,15,17,19-20,22-23H2,1-11H3/b47-36?,48-32-/t24-,25-,26+,27+,28-,33+,35-,38-,39-,40-,42+,43-,44-/m1/s1. The van der Waals surface area contributed by atoms with E-state index in [-0.39, 0.29) is 31.8 Å². The van der Waals surface area contributed by atoms with Crippen molar-refractivity contribution in [2.45, 2.75) is 149 Å². The predicted molar refractivity (Wildman–Crippen MR) is 222 cm³/mol. The molecule has 2 aromatic rings. The van der Waals surface area contributed by atoms with Crippen molar-refractivity contribution >= 4 is 29.1 Å². The van der Waals surface area contributed by atoms with Crippen molar-refractivity contribution in [2.75, 3.05) is 20.7 Å². The van der Waals surface area contributed by atoms with E-state index in [9.17, 15) is 24.6 Å². The third-order valence-electron chi connectivity index (χ3n) is 12.6. The Kier molecular flexibility index (Phi) is 15.6. The number of amides is 1. The highest BCUT2D eigenvalue weighted by molar-refractivity contribution is 6.00. The topological polar surface area (TPSA) is 205 Å². The van der Waals surface area contributed by atoms with Crippen LogP contribution < -0.4 is 0 Å². The first-order valence-electron chi connectivity index (χ1n) is 21.1. The number of fused-ring (bicyclic) bond motifs is 5. The lowest BCUT2D eigenvalue weighted by atomic mass is 9.66. The van der Waals surface area contributed by atoms with E-state index in [0.29, 0.717) is 48.6 Å². The van der Waals surface area contributed by atoms with E-state index >= 15 is 0 Å². The number of esters is 1. The molecule has 0 radical (unpaired) electrons. The van der Waals surface area contributed by atoms with Crippen LogP contribution in [0.3, 0.4) is 0 Å². The van der Waals surface area contributed by atoms with Gasteiger partial charge < -0.3 is 43.4 Å². The summed E-state index contributed by atoms with van der Waals surface area (Å²) < 4.78 is 31.1. The van der Waals surface area contributed by atoms with Crippen LogP contribution in [0.5, 0.6) is 0 Å². The number of rotatable bonds is 8. The Bertz CT molecular complexity index is 1830. The van der Waals surface area contributed by atoms with E-state index < -0.39 is 83.1 Å². The zero-order valence-electron chi connectivity index (χ0n) is 37.0. The Balaban J connectivity index is 1.63. The van der Waals surface area contributed by atoms with Crippen LogP contribution in [0.2, 0.25) is 0 Å². The summed E-state index contributed by atoms with van der Waals surface area (Å²) >= 11 is 0. The molecule has 332 valence electrons. The maximum absolute atomic E-state index is 14.6. The van der Waals surface area contributed by atoms with Crippen LogP contribution in [0.1, 0.15) is 100 Å². The van der Waals surface area contributed by atoms with Gasteiger partial charge in [0.1, 0.15) is 23.7 Å². The van der Waals surface area contributed by atoms with Crippen molar-refractivity contribution in [3.63, 3.8) is 0 Å². The zero-order valence-corrected chi connectivity index (χ0v) is 37.0. The van der Waals surface area contributed by atoms with Crippen molar-refractivity contribution in [3.05, 3.63) is 36.3 Å². The highest BCUT2D eigenvalue weighted by Crippen LogP contribution is 2.45. The van der Waals surface area contributed by atoms with E-state index in [0.717, 1.165) is 5.56 Å². The molecule has 13 atom stereocenters. The fourth-order valence-electron chi connectivity index (χ4n) is 9.34. The van der Waals surface area contributed by atoms with Gasteiger partial charge in [0, 0.05) is 48.3 Å². The second-order valence-electron chi connectivity index (χ2n) is 17.8. The van der Waals surface area contributed by atoms with E-state index in [1.165, 1.54) is 13.8 Å². The first-order valence-corrected chi connectivity index (χ1v) is 21.1. The number of likely N-dealkylation sites (N-methyl/N-ethyl adjacent to an activating group) is 1. The Labute approximate surface area is 353 Å². The molecular formula is C44H65N5O11. The fourth-order valence-corrected chi connectivity index (χ4v) is 9.34. The quantitative estimate of drug-likeness (QED) is 0.200. The van der Waals surface area contributed by atoms with Gasteiger partial charge in [-0.3, -0.25) is 19.4 Å². The molecular weight excluding hydrogens is 775 g/mol. The lowest BCUT2D eigenvalue weighted by Gasteiger charge is -2.48. The molecule has 0 aromatic carbocycles. The normalized spacial score (nSPS) is 37.6. The number of aliphatic hydroxyl groups is 2. The number of carbonyl (C=O) groups excluding carboxylic acids is 3. The van der Waals surface area contributed by atoms with Gasteiger partial charge in [-0.15, -0.1) is 0 Å². The average molecular weight is 840 g/mol. The van der Waals surface area contributed by atoms with Gasteiger partial charge in [-0.2, -0.15) is 0 Å². The van der Waals surface area contributed by atoms with E-state index in [4.69, 9.17) is 28.3 Å². The largest absolute Gasteiger partial charge is 0.459 e. The fraction of sp³-hybridized carbons (Fsp3) is 0.705. The summed E-state index contributed by atoms with van der Waals surface area (Å²) in [6.45, 7) is 15.6. The van der Waals surface area contributed by atoms with Crippen LogP contribution in [-0.4, -0.2) is 123 Å². The van der Waals surface area contributed by atoms with E-state index in [2.05, 4.69) is 20.3 Å². The van der Waals surface area contributed by atoms with Crippen LogP contribution >= 0.6 is 0 Å². The molecule has 2 aromatic heterocycles. The summed E-state index contributed by atoms with van der Waals surface area (Å²) in [5.74, 6) is -4.27. The van der Waals surface area contributed by atoms with Gasteiger partial charge in [-0.25, -0.2) is 4.99 Å². The molecule has 60 heavy (non-hydrogen) atoms. The number of aliphatic hydroxyl groups excluding tert-OH is 1. The molecule has 5 heterocycles. The lowest BCUT2D eigenvalue weighted by Crippen LogP contribution is -2.58. The second-order valence-corrected chi connectivity index (χ2v) is 17.8. The first-order chi connectivity index (χ1) is 28.3. The molecule has 0 aliphatic carbocycles. The molecule has 5 rings (SSSR count). The molecule has 3 aliphatic rings. The minimum atomic E-state index is -1.82. The van der Waals surface area contributed by atoms with Crippen molar-refractivity contribution < 1.29 is 52.9 Å². The van der Waals surface area contributed by atoms with Crippen LogP contribution in [-0.2, 0) is 44.8 Å². The maximum atomic E-state index is 14.6. The van der Waals surface area contributed by atoms with Gasteiger partial charge >= 0.3 is 5.97 Å². The number of oxime groups is 1. The Morgan fingerprint density at radius 1 is 1.08 bits per heavy atom. The number of nitrogens with zero attached hydrogens (tertiary/aromatic N) is 5. The van der Waals surface area contributed by atoms with Gasteiger partial charge in [-0.1, -0.05) is 44.9 Å². The smallest absolute Gasteiger partial charge is 0.316 e. The maximum Gasteiger partial charge on any atom is 0.316 e. The number of aliphatic imine (C=N–C) groups is 1. The summed E-state index contributed by atoms with van der Waals surface area (Å²) in [6.07, 6.45) is -0.546. The summed E-state index contributed by atoms with van der Waals surface area (Å²) in [6, 6.07) is 5.10. The van der Waals surface area contributed by atoms with Crippen molar-refractivity contribution in [3.8, 4) is 11.3 Å². The molecule has 0 spiro atoms. The number of hydrogen-bond donors (Lipinski definition) is 2. The van der Waals surface area contributed by atoms with Crippen molar-refractivity contribution in [1.29, 1.82) is 0 Å². The Morgan fingerprint density at radius 2 is 1.82 bits per heavy atom.